The molecule has 0 aromatic rings. The molecule has 0 radical (unpaired) electrons. The quantitative estimate of drug-likeness (QED) is 0.701. The molecule has 7 heteroatoms. The van der Waals surface area contributed by atoms with E-state index in [1.54, 1.807) is 6.92 Å². The molecule has 2 N–H and O–H groups in total. The van der Waals surface area contributed by atoms with Crippen molar-refractivity contribution in [3.05, 3.63) is 0 Å². The van der Waals surface area contributed by atoms with Gasteiger partial charge < -0.3 is 20.1 Å². The van der Waals surface area contributed by atoms with Crippen LogP contribution in [0.4, 0.5) is 0 Å². The molecule has 0 spiro atoms. The number of nitrogens with one attached hydrogen (secondary N) is 2. The van der Waals surface area contributed by atoms with Crippen molar-refractivity contribution in [2.75, 3.05) is 27.3 Å². The highest BCUT2D eigenvalue weighted by Gasteiger charge is 2.40. The summed E-state index contributed by atoms with van der Waals surface area (Å²) >= 11 is 0. The zero-order chi connectivity index (χ0) is 12.9. The highest BCUT2D eigenvalue weighted by molar-refractivity contribution is 5.89. The van der Waals surface area contributed by atoms with Crippen LogP contribution in [0.3, 0.4) is 0 Å². The molecule has 1 fully saturated rings. The molecule has 1 saturated heterocycles. The highest BCUT2D eigenvalue weighted by Crippen LogP contribution is 2.22. The summed E-state index contributed by atoms with van der Waals surface area (Å²) in [5.41, 5.74) is -0.826. The summed E-state index contributed by atoms with van der Waals surface area (Å²) < 4.78 is 9.91. The summed E-state index contributed by atoms with van der Waals surface area (Å²) in [4.78, 5) is 23.3. The Morgan fingerprint density at radius 2 is 1.83 bits per heavy atom. The van der Waals surface area contributed by atoms with Gasteiger partial charge in [-0.1, -0.05) is 0 Å². The summed E-state index contributed by atoms with van der Waals surface area (Å²) in [6, 6.07) is -0.658. The Balaban J connectivity index is 0.00000289. The topological polar surface area (TPSA) is 76.7 Å². The Bertz CT molecular complexity index is 293. The lowest BCUT2D eigenvalue weighted by molar-refractivity contribution is -0.152. The molecule has 0 aromatic heterocycles. The third-order valence-electron chi connectivity index (χ3n) is 3.12. The molecule has 1 rings (SSSR count). The molecule has 106 valence electrons. The smallest absolute Gasteiger partial charge is 0.328 e. The van der Waals surface area contributed by atoms with Crippen LogP contribution >= 0.6 is 12.4 Å². The van der Waals surface area contributed by atoms with Gasteiger partial charge in [0.25, 0.3) is 5.91 Å². The van der Waals surface area contributed by atoms with Crippen LogP contribution in [-0.2, 0) is 19.1 Å². The first kappa shape index (κ1) is 17.2. The van der Waals surface area contributed by atoms with Gasteiger partial charge in [0.1, 0.15) is 11.6 Å². The van der Waals surface area contributed by atoms with Gasteiger partial charge in [-0.3, -0.25) is 4.79 Å². The lowest BCUT2D eigenvalue weighted by atomic mass is 9.91. The van der Waals surface area contributed by atoms with E-state index in [4.69, 9.17) is 4.74 Å². The molecular formula is C11H21ClN2O4. The Hall–Kier alpha value is -0.850. The number of hydrogen-bond acceptors (Lipinski definition) is 5. The first-order valence-corrected chi connectivity index (χ1v) is 5.70. The van der Waals surface area contributed by atoms with E-state index in [0.29, 0.717) is 12.8 Å². The maximum absolute atomic E-state index is 12.1. The van der Waals surface area contributed by atoms with Gasteiger partial charge in [-0.2, -0.15) is 0 Å². The van der Waals surface area contributed by atoms with Crippen LogP contribution in [0, 0.1) is 0 Å². The summed E-state index contributed by atoms with van der Waals surface area (Å²) in [5, 5.41) is 5.79. The second kappa shape index (κ2) is 7.56. The highest BCUT2D eigenvalue weighted by atomic mass is 35.5. The number of hydrogen-bond donors (Lipinski definition) is 2. The van der Waals surface area contributed by atoms with Crippen LogP contribution in [-0.4, -0.2) is 50.8 Å². The first-order chi connectivity index (χ1) is 8.05. The van der Waals surface area contributed by atoms with E-state index in [1.165, 1.54) is 14.2 Å². The van der Waals surface area contributed by atoms with Crippen molar-refractivity contribution in [1.29, 1.82) is 0 Å². The molecule has 1 amide bonds. The number of methoxy groups -OCH3 is 2. The van der Waals surface area contributed by atoms with Gasteiger partial charge in [-0.05, 0) is 32.9 Å². The van der Waals surface area contributed by atoms with Gasteiger partial charge in [-0.15, -0.1) is 12.4 Å². The molecule has 0 unspecified atom stereocenters. The number of rotatable bonds is 4. The standard InChI is InChI=1S/C11H20N2O4.ClH/c1-8(9(14)16-2)13-10(15)11(17-3)4-6-12-7-5-11;/h8,12H,4-7H2,1-3H3,(H,13,15);1H/t8-;/m0./s1. The van der Waals surface area contributed by atoms with Gasteiger partial charge in [0.05, 0.1) is 7.11 Å². The van der Waals surface area contributed by atoms with Crippen molar-refractivity contribution >= 4 is 24.3 Å². The zero-order valence-electron chi connectivity index (χ0n) is 10.9. The van der Waals surface area contributed by atoms with Crippen molar-refractivity contribution < 1.29 is 19.1 Å². The molecule has 0 aromatic carbocycles. The van der Waals surface area contributed by atoms with Crippen LogP contribution in [0.1, 0.15) is 19.8 Å². The lowest BCUT2D eigenvalue weighted by Gasteiger charge is -2.35. The van der Waals surface area contributed by atoms with Gasteiger partial charge in [0.15, 0.2) is 0 Å². The third-order valence-corrected chi connectivity index (χ3v) is 3.12. The molecule has 0 saturated carbocycles. The number of carbonyl (C=O) groups is 2. The Labute approximate surface area is 113 Å². The van der Waals surface area contributed by atoms with E-state index in [1.807, 2.05) is 0 Å². The number of amides is 1. The minimum absolute atomic E-state index is 0. The molecule has 1 aliphatic rings. The van der Waals surface area contributed by atoms with E-state index in [9.17, 15) is 9.59 Å². The van der Waals surface area contributed by atoms with Crippen molar-refractivity contribution in [2.45, 2.75) is 31.4 Å². The van der Waals surface area contributed by atoms with E-state index < -0.39 is 17.6 Å². The van der Waals surface area contributed by atoms with Crippen molar-refractivity contribution in [2.24, 2.45) is 0 Å². The first-order valence-electron chi connectivity index (χ1n) is 5.70. The SMILES string of the molecule is COC(=O)[C@H](C)NC(=O)C1(OC)CCNCC1.Cl. The van der Waals surface area contributed by atoms with Crippen LogP contribution in [0.5, 0.6) is 0 Å². The number of halogens is 1. The molecule has 1 heterocycles. The molecule has 0 aliphatic carbocycles. The maximum Gasteiger partial charge on any atom is 0.328 e. The van der Waals surface area contributed by atoms with Crippen LogP contribution in [0.25, 0.3) is 0 Å². The van der Waals surface area contributed by atoms with Gasteiger partial charge >= 0.3 is 5.97 Å². The molecule has 18 heavy (non-hydrogen) atoms. The summed E-state index contributed by atoms with van der Waals surface area (Å²) in [7, 11) is 2.81. The molecule has 1 atom stereocenters. The number of carbonyl (C=O) groups excluding carboxylic acids is 2. The maximum atomic E-state index is 12.1. The number of esters is 1. The fourth-order valence-electron chi connectivity index (χ4n) is 1.92. The molecule has 6 nitrogen and oxygen atoms in total. The van der Waals surface area contributed by atoms with Crippen molar-refractivity contribution in [1.82, 2.24) is 10.6 Å². The van der Waals surface area contributed by atoms with E-state index in [0.717, 1.165) is 13.1 Å². The summed E-state index contributed by atoms with van der Waals surface area (Å²) in [5.74, 6) is -0.710. The Morgan fingerprint density at radius 3 is 2.28 bits per heavy atom. The zero-order valence-corrected chi connectivity index (χ0v) is 11.8. The average molecular weight is 281 g/mol. The monoisotopic (exact) mass is 280 g/mol. The van der Waals surface area contributed by atoms with Gasteiger partial charge in [0, 0.05) is 7.11 Å². The fourth-order valence-corrected chi connectivity index (χ4v) is 1.92. The van der Waals surface area contributed by atoms with Crippen LogP contribution < -0.4 is 10.6 Å². The largest absolute Gasteiger partial charge is 0.467 e. The summed E-state index contributed by atoms with van der Waals surface area (Å²) in [6.45, 7) is 3.05. The average Bonchev–Trinajstić information content (AvgIpc) is 2.38. The molecular weight excluding hydrogens is 260 g/mol. The minimum atomic E-state index is -0.826. The summed E-state index contributed by atoms with van der Waals surface area (Å²) in [6.07, 6.45) is 1.20. The van der Waals surface area contributed by atoms with Crippen LogP contribution in [0.2, 0.25) is 0 Å². The van der Waals surface area contributed by atoms with Gasteiger partial charge in [-0.25, -0.2) is 4.79 Å². The van der Waals surface area contributed by atoms with Crippen molar-refractivity contribution in [3.63, 3.8) is 0 Å². The van der Waals surface area contributed by atoms with E-state index in [2.05, 4.69) is 15.4 Å². The van der Waals surface area contributed by atoms with Crippen molar-refractivity contribution in [3.8, 4) is 0 Å². The van der Waals surface area contributed by atoms with E-state index >= 15 is 0 Å². The number of ether oxygens (including phenoxy) is 2. The second-order valence-corrected chi connectivity index (χ2v) is 4.17. The minimum Gasteiger partial charge on any atom is -0.467 e. The predicted octanol–water partition coefficient (Wildman–Crippen LogP) is -0.146. The normalized spacial score (nSPS) is 19.3. The predicted molar refractivity (Wildman–Crippen MR) is 68.7 cm³/mol. The van der Waals surface area contributed by atoms with E-state index in [-0.39, 0.29) is 18.3 Å². The number of piperidine rings is 1. The Morgan fingerprint density at radius 1 is 1.28 bits per heavy atom. The molecule has 0 bridgehead atoms. The fraction of sp³-hybridized carbons (Fsp3) is 0.818. The lowest BCUT2D eigenvalue weighted by Crippen LogP contribution is -2.56. The molecule has 1 aliphatic heterocycles. The Kier molecular flexibility index (Phi) is 7.20. The van der Waals surface area contributed by atoms with Crippen LogP contribution in [0.15, 0.2) is 0 Å². The van der Waals surface area contributed by atoms with Gasteiger partial charge in [0.2, 0.25) is 0 Å². The third kappa shape index (κ3) is 3.83. The second-order valence-electron chi connectivity index (χ2n) is 4.17.